The average Bonchev–Trinajstić information content (AvgIpc) is 2.12. The molecule has 3 heteroatoms. The van der Waals surface area contributed by atoms with Crippen molar-refractivity contribution in [2.24, 2.45) is 4.99 Å². The van der Waals surface area contributed by atoms with Crippen LogP contribution in [0.3, 0.4) is 0 Å². The predicted molar refractivity (Wildman–Crippen MR) is 53.4 cm³/mol. The van der Waals surface area contributed by atoms with E-state index in [0.717, 1.165) is 5.71 Å². The van der Waals surface area contributed by atoms with Crippen LogP contribution in [-0.4, -0.2) is 9.61 Å². The van der Waals surface area contributed by atoms with E-state index in [9.17, 15) is 4.39 Å². The number of aliphatic imine (C=N–C) groups is 1. The molecule has 0 heterocycles. The van der Waals surface area contributed by atoms with Gasteiger partial charge in [-0.15, -0.1) is 0 Å². The van der Waals surface area contributed by atoms with Gasteiger partial charge in [0.1, 0.15) is 0 Å². The second-order valence-corrected chi connectivity index (χ2v) is 5.28. The Kier molecular flexibility index (Phi) is 3.88. The number of halogens is 1. The summed E-state index contributed by atoms with van der Waals surface area (Å²) < 4.78 is 14.7. The van der Waals surface area contributed by atoms with Crippen LogP contribution in [-0.2, 0) is 19.4 Å². The predicted octanol–water partition coefficient (Wildman–Crippen LogP) is 2.77. The van der Waals surface area contributed by atoms with Gasteiger partial charge in [-0.1, -0.05) is 0 Å². The topological polar surface area (TPSA) is 12.4 Å². The Balaban J connectivity index is 3.15. The fourth-order valence-electron chi connectivity index (χ4n) is 0.897. The van der Waals surface area contributed by atoms with E-state index in [2.05, 4.69) is 11.1 Å². The van der Waals surface area contributed by atoms with Crippen molar-refractivity contribution >= 4 is 15.3 Å². The van der Waals surface area contributed by atoms with E-state index in [1.165, 1.54) is 23.3 Å². The van der Waals surface area contributed by atoms with Crippen LogP contribution >= 0.6 is 0 Å². The van der Waals surface area contributed by atoms with Gasteiger partial charge in [0.2, 0.25) is 0 Å². The normalized spacial score (nSPS) is 11.6. The molecule has 0 radical (unpaired) electrons. The number of hydrogen-bond acceptors (Lipinski definition) is 1. The number of aryl methyl sites for hydroxylation is 1. The van der Waals surface area contributed by atoms with Gasteiger partial charge in [0.05, 0.1) is 0 Å². The molecular formula is C11H11FNW-. The first-order valence-electron chi connectivity index (χ1n) is 4.25. The molecule has 0 unspecified atom stereocenters. The van der Waals surface area contributed by atoms with Crippen LogP contribution < -0.4 is 0 Å². The molecule has 14 heavy (non-hydrogen) atoms. The molecule has 0 spiro atoms. The van der Waals surface area contributed by atoms with Crippen LogP contribution in [0.2, 0.25) is 0 Å². The molecule has 0 aliphatic heterocycles. The minimum atomic E-state index is -0.275. The van der Waals surface area contributed by atoms with E-state index in [-0.39, 0.29) is 5.82 Å². The minimum absolute atomic E-state index is 0.275. The van der Waals surface area contributed by atoms with Crippen molar-refractivity contribution in [1.82, 2.24) is 0 Å². The van der Waals surface area contributed by atoms with Gasteiger partial charge >= 0.3 is 94.4 Å². The molecule has 1 nitrogen and oxygen atoms in total. The summed E-state index contributed by atoms with van der Waals surface area (Å²) in [4.78, 5) is 4.19. The molecule has 0 atom stereocenters. The summed E-state index contributed by atoms with van der Waals surface area (Å²) in [6.45, 7) is 5.60. The van der Waals surface area contributed by atoms with Crippen LogP contribution in [0.5, 0.6) is 0 Å². The summed E-state index contributed by atoms with van der Waals surface area (Å²) in [5.41, 5.74) is 1.79. The zero-order valence-corrected chi connectivity index (χ0v) is 11.3. The second kappa shape index (κ2) is 4.74. The summed E-state index contributed by atoms with van der Waals surface area (Å²) in [6, 6.07) is 6.19. The van der Waals surface area contributed by atoms with E-state index in [1.807, 2.05) is 13.8 Å². The first kappa shape index (κ1) is 11.5. The molecule has 1 rings (SSSR count). The zero-order valence-electron chi connectivity index (χ0n) is 8.39. The monoisotopic (exact) mass is 360 g/mol. The summed E-state index contributed by atoms with van der Waals surface area (Å²) in [6.07, 6.45) is 0. The van der Waals surface area contributed by atoms with Gasteiger partial charge in [-0.2, -0.15) is 0 Å². The van der Waals surface area contributed by atoms with Gasteiger partial charge in [-0.3, -0.25) is 0 Å². The van der Waals surface area contributed by atoms with Gasteiger partial charge in [-0.05, 0) is 0 Å². The van der Waals surface area contributed by atoms with E-state index < -0.39 is 0 Å². The van der Waals surface area contributed by atoms with Crippen LogP contribution in [0, 0.1) is 18.8 Å². The number of rotatable bonds is 2. The summed E-state index contributed by atoms with van der Waals surface area (Å²) in [7, 11) is 0. The van der Waals surface area contributed by atoms with Crippen molar-refractivity contribution in [3.05, 3.63) is 29.6 Å². The summed E-state index contributed by atoms with van der Waals surface area (Å²) in [5, 5.41) is 0. The average molecular weight is 360 g/mol. The maximum atomic E-state index is 13.5. The fraction of sp³-hybridized carbons (Fsp3) is 0.273. The molecule has 74 valence electrons. The molecule has 0 aliphatic rings. The molecule has 0 saturated carbocycles. The van der Waals surface area contributed by atoms with Gasteiger partial charge in [0.25, 0.3) is 0 Å². The Bertz CT molecular complexity index is 396. The summed E-state index contributed by atoms with van der Waals surface area (Å²) >= 11 is 1.36. The van der Waals surface area contributed by atoms with Crippen molar-refractivity contribution in [2.75, 3.05) is 0 Å². The van der Waals surface area contributed by atoms with Gasteiger partial charge < -0.3 is 0 Å². The SMILES string of the molecule is C[C](=[W])C(C)=Nc1[c-]ccc(C)c1F. The van der Waals surface area contributed by atoms with Crippen LogP contribution in [0.4, 0.5) is 10.1 Å². The molecule has 0 saturated heterocycles. The Morgan fingerprint density at radius 2 is 2.14 bits per heavy atom. The van der Waals surface area contributed by atoms with Crippen molar-refractivity contribution in [2.45, 2.75) is 20.8 Å². The molecular weight excluding hydrogens is 349 g/mol. The Morgan fingerprint density at radius 1 is 1.50 bits per heavy atom. The van der Waals surface area contributed by atoms with Gasteiger partial charge in [-0.25, -0.2) is 0 Å². The number of benzene rings is 1. The molecule has 1 aromatic rings. The molecule has 0 amide bonds. The van der Waals surface area contributed by atoms with E-state index in [1.54, 1.807) is 19.1 Å². The van der Waals surface area contributed by atoms with Crippen molar-refractivity contribution in [3.8, 4) is 0 Å². The van der Waals surface area contributed by atoms with Crippen molar-refractivity contribution in [1.29, 1.82) is 0 Å². The Hall–Kier alpha value is -0.622. The van der Waals surface area contributed by atoms with Crippen LogP contribution in [0.15, 0.2) is 17.1 Å². The van der Waals surface area contributed by atoms with Crippen LogP contribution in [0.1, 0.15) is 19.4 Å². The zero-order chi connectivity index (χ0) is 10.7. The van der Waals surface area contributed by atoms with E-state index in [0.29, 0.717) is 11.3 Å². The van der Waals surface area contributed by atoms with Crippen LogP contribution in [0.25, 0.3) is 0 Å². The summed E-state index contributed by atoms with van der Waals surface area (Å²) in [5.74, 6) is -0.275. The molecule has 0 aromatic heterocycles. The first-order chi connectivity index (χ1) is 6.52. The Labute approximate surface area is 94.5 Å². The fourth-order valence-corrected chi connectivity index (χ4v) is 1.06. The molecule has 1 aromatic carbocycles. The second-order valence-electron chi connectivity index (χ2n) is 3.08. The Morgan fingerprint density at radius 3 is 2.71 bits per heavy atom. The quantitative estimate of drug-likeness (QED) is 0.568. The van der Waals surface area contributed by atoms with E-state index >= 15 is 0 Å². The third-order valence-corrected chi connectivity index (χ3v) is 2.96. The van der Waals surface area contributed by atoms with Crippen molar-refractivity contribution < 1.29 is 23.7 Å². The van der Waals surface area contributed by atoms with Gasteiger partial charge in [0.15, 0.2) is 0 Å². The molecule has 0 N–H and O–H groups in total. The molecule has 0 bridgehead atoms. The van der Waals surface area contributed by atoms with E-state index in [4.69, 9.17) is 0 Å². The third-order valence-electron chi connectivity index (χ3n) is 1.90. The van der Waals surface area contributed by atoms with Crippen molar-refractivity contribution in [3.63, 3.8) is 0 Å². The van der Waals surface area contributed by atoms with Gasteiger partial charge in [0, 0.05) is 0 Å². The number of hydrogen-bond donors (Lipinski definition) is 0. The third kappa shape index (κ3) is 2.68. The first-order valence-corrected chi connectivity index (χ1v) is 5.72. The molecule has 0 fully saturated rings. The standard InChI is InChI=1S/C11H11FN.W/c1-4-9(3)13-10-7-5-6-8(2)11(10)12;/h5-6H,1-3H3;/q-1;. The molecule has 0 aliphatic carbocycles. The number of nitrogens with zero attached hydrogens (tertiary/aromatic N) is 1. The maximum absolute atomic E-state index is 13.5.